The number of hydrogen-bond donors (Lipinski definition) is 1. The first-order chi connectivity index (χ1) is 10.2. The number of nitrogens with one attached hydrogen (secondary N) is 1. The van der Waals surface area contributed by atoms with Crippen LogP contribution in [0.4, 0.5) is 0 Å². The highest BCUT2D eigenvalue weighted by Crippen LogP contribution is 2.43. The first kappa shape index (κ1) is 13.2. The molecule has 108 valence electrons. The molecule has 3 heterocycles. The lowest BCUT2D eigenvalue weighted by atomic mass is 9.88. The van der Waals surface area contributed by atoms with E-state index in [4.69, 9.17) is 17.0 Å². The summed E-state index contributed by atoms with van der Waals surface area (Å²) in [6, 6.07) is 10.3. The lowest BCUT2D eigenvalue weighted by Crippen LogP contribution is -2.18. The van der Waals surface area contributed by atoms with Crippen LogP contribution in [-0.4, -0.2) is 22.2 Å². The lowest BCUT2D eigenvalue weighted by molar-refractivity contribution is 0.0998. The van der Waals surface area contributed by atoms with E-state index in [0.717, 1.165) is 35.5 Å². The zero-order valence-corrected chi connectivity index (χ0v) is 12.8. The van der Waals surface area contributed by atoms with E-state index in [-0.39, 0.29) is 0 Å². The Bertz CT molecular complexity index is 725. The number of benzene rings is 1. The molecule has 2 fully saturated rings. The Balaban J connectivity index is 1.80. The van der Waals surface area contributed by atoms with Gasteiger partial charge in [0.05, 0.1) is 17.9 Å². The molecule has 1 aromatic carbocycles. The zero-order valence-electron chi connectivity index (χ0n) is 12.0. The molecule has 0 spiro atoms. The summed E-state index contributed by atoms with van der Waals surface area (Å²) in [6.45, 7) is 2.04. The second-order valence-corrected chi connectivity index (χ2v) is 6.40. The van der Waals surface area contributed by atoms with Gasteiger partial charge in [-0.1, -0.05) is 42.5 Å². The standard InChI is InChI=1S/C17H18N2OS/c1-10-15(11-5-3-2-4-6-11)18-16(19-17(10)21)13-9-12-7-8-14(13)20-12/h2-6,12-14H,7-9H2,1H3,(H,18,19,21). The highest BCUT2D eigenvalue weighted by atomic mass is 32.1. The number of H-pyrrole nitrogens is 1. The lowest BCUT2D eigenvalue weighted by Gasteiger charge is -2.19. The topological polar surface area (TPSA) is 37.9 Å². The summed E-state index contributed by atoms with van der Waals surface area (Å²) < 4.78 is 6.66. The van der Waals surface area contributed by atoms with Crippen LogP contribution in [0.3, 0.4) is 0 Å². The van der Waals surface area contributed by atoms with Gasteiger partial charge in [0.1, 0.15) is 10.5 Å². The summed E-state index contributed by atoms with van der Waals surface area (Å²) in [4.78, 5) is 8.18. The minimum Gasteiger partial charge on any atom is -0.374 e. The fraction of sp³-hybridized carbons (Fsp3) is 0.412. The molecular formula is C17H18N2OS. The van der Waals surface area contributed by atoms with Gasteiger partial charge >= 0.3 is 0 Å². The molecule has 0 radical (unpaired) electrons. The van der Waals surface area contributed by atoms with E-state index in [1.165, 1.54) is 6.42 Å². The summed E-state index contributed by atoms with van der Waals surface area (Å²) in [7, 11) is 0. The normalized spacial score (nSPS) is 27.2. The van der Waals surface area contributed by atoms with Crippen molar-refractivity contribution < 1.29 is 4.74 Å². The minimum absolute atomic E-state index is 0.319. The molecule has 21 heavy (non-hydrogen) atoms. The predicted molar refractivity (Wildman–Crippen MR) is 84.8 cm³/mol. The van der Waals surface area contributed by atoms with E-state index in [0.29, 0.717) is 22.8 Å². The highest BCUT2D eigenvalue weighted by molar-refractivity contribution is 7.71. The van der Waals surface area contributed by atoms with Gasteiger partial charge < -0.3 is 9.72 Å². The summed E-state index contributed by atoms with van der Waals surface area (Å²) in [5, 5.41) is 0. The van der Waals surface area contributed by atoms with E-state index in [9.17, 15) is 0 Å². The van der Waals surface area contributed by atoms with Crippen LogP contribution in [0, 0.1) is 11.6 Å². The van der Waals surface area contributed by atoms with Crippen molar-refractivity contribution in [1.29, 1.82) is 0 Å². The van der Waals surface area contributed by atoms with Crippen molar-refractivity contribution in [2.45, 2.75) is 44.3 Å². The van der Waals surface area contributed by atoms with Gasteiger partial charge in [0.25, 0.3) is 0 Å². The van der Waals surface area contributed by atoms with Crippen LogP contribution in [0.2, 0.25) is 0 Å². The van der Waals surface area contributed by atoms with Gasteiger partial charge in [-0.05, 0) is 31.7 Å². The van der Waals surface area contributed by atoms with Crippen LogP contribution < -0.4 is 0 Å². The second kappa shape index (κ2) is 5.04. The van der Waals surface area contributed by atoms with E-state index >= 15 is 0 Å². The minimum atomic E-state index is 0.319. The third kappa shape index (κ3) is 2.23. The van der Waals surface area contributed by atoms with Crippen molar-refractivity contribution >= 4 is 12.2 Å². The average Bonchev–Trinajstić information content (AvgIpc) is 3.13. The van der Waals surface area contributed by atoms with Gasteiger partial charge in [0.15, 0.2) is 0 Å². The smallest absolute Gasteiger partial charge is 0.133 e. The molecule has 3 nitrogen and oxygen atoms in total. The molecule has 2 aromatic rings. The van der Waals surface area contributed by atoms with E-state index in [2.05, 4.69) is 22.1 Å². The molecule has 0 aliphatic carbocycles. The Morgan fingerprint density at radius 2 is 2.05 bits per heavy atom. The first-order valence-electron chi connectivity index (χ1n) is 7.54. The van der Waals surface area contributed by atoms with Crippen molar-refractivity contribution in [3.05, 3.63) is 46.4 Å². The summed E-state index contributed by atoms with van der Waals surface area (Å²) in [5.74, 6) is 1.37. The van der Waals surface area contributed by atoms with Crippen LogP contribution in [0.25, 0.3) is 11.3 Å². The van der Waals surface area contributed by atoms with Gasteiger partial charge in [0, 0.05) is 11.5 Å². The fourth-order valence-electron chi connectivity index (χ4n) is 3.54. The van der Waals surface area contributed by atoms with Crippen molar-refractivity contribution in [3.8, 4) is 11.3 Å². The molecule has 2 aliphatic rings. The molecule has 1 aromatic heterocycles. The van der Waals surface area contributed by atoms with Crippen molar-refractivity contribution in [1.82, 2.24) is 9.97 Å². The number of rotatable bonds is 2. The molecule has 4 rings (SSSR count). The average molecular weight is 298 g/mol. The van der Waals surface area contributed by atoms with Gasteiger partial charge in [-0.25, -0.2) is 4.98 Å². The van der Waals surface area contributed by atoms with Gasteiger partial charge in [-0.15, -0.1) is 0 Å². The van der Waals surface area contributed by atoms with E-state index in [1.54, 1.807) is 0 Å². The molecule has 2 aliphatic heterocycles. The third-order valence-electron chi connectivity index (χ3n) is 4.69. The maximum absolute atomic E-state index is 5.96. The maximum Gasteiger partial charge on any atom is 0.133 e. The summed E-state index contributed by atoms with van der Waals surface area (Å²) >= 11 is 5.48. The predicted octanol–water partition coefficient (Wildman–Crippen LogP) is 4.15. The molecule has 4 heteroatoms. The van der Waals surface area contributed by atoms with Crippen LogP contribution in [0.15, 0.2) is 30.3 Å². The Morgan fingerprint density at radius 3 is 2.71 bits per heavy atom. The van der Waals surface area contributed by atoms with Crippen LogP contribution in [0.5, 0.6) is 0 Å². The molecule has 1 N–H and O–H groups in total. The molecule has 0 amide bonds. The Kier molecular flexibility index (Phi) is 3.16. The summed E-state index contributed by atoms with van der Waals surface area (Å²) in [6.07, 6.45) is 4.15. The SMILES string of the molecule is Cc1c(-c2ccccc2)[nH]c(C2CC3CCC2O3)nc1=S. The van der Waals surface area contributed by atoms with E-state index in [1.807, 2.05) is 25.1 Å². The van der Waals surface area contributed by atoms with Crippen molar-refractivity contribution in [3.63, 3.8) is 0 Å². The molecule has 3 unspecified atom stereocenters. The molecule has 3 atom stereocenters. The summed E-state index contributed by atoms with van der Waals surface area (Å²) in [5.41, 5.74) is 3.30. The third-order valence-corrected chi connectivity index (χ3v) is 5.09. The second-order valence-electron chi connectivity index (χ2n) is 6.01. The number of aromatic nitrogens is 2. The largest absolute Gasteiger partial charge is 0.374 e. The Hall–Kier alpha value is -1.52. The molecule has 2 saturated heterocycles. The quantitative estimate of drug-likeness (QED) is 0.846. The van der Waals surface area contributed by atoms with Gasteiger partial charge in [-0.3, -0.25) is 0 Å². The molecule has 0 saturated carbocycles. The Labute approximate surface area is 129 Å². The number of fused-ring (bicyclic) bond motifs is 2. The van der Waals surface area contributed by atoms with Crippen LogP contribution in [-0.2, 0) is 4.74 Å². The maximum atomic E-state index is 5.96. The Morgan fingerprint density at radius 1 is 1.24 bits per heavy atom. The zero-order chi connectivity index (χ0) is 14.4. The van der Waals surface area contributed by atoms with E-state index < -0.39 is 0 Å². The van der Waals surface area contributed by atoms with Crippen molar-refractivity contribution in [2.24, 2.45) is 0 Å². The van der Waals surface area contributed by atoms with Crippen LogP contribution >= 0.6 is 12.2 Å². The monoisotopic (exact) mass is 298 g/mol. The van der Waals surface area contributed by atoms with Gasteiger partial charge in [-0.2, -0.15) is 0 Å². The highest BCUT2D eigenvalue weighted by Gasteiger charge is 2.42. The molecular weight excluding hydrogens is 280 g/mol. The number of nitrogens with zero attached hydrogens (tertiary/aromatic N) is 1. The van der Waals surface area contributed by atoms with Crippen LogP contribution in [0.1, 0.15) is 36.6 Å². The number of ether oxygens (including phenoxy) is 1. The fourth-order valence-corrected chi connectivity index (χ4v) is 3.75. The van der Waals surface area contributed by atoms with Crippen molar-refractivity contribution in [2.75, 3.05) is 0 Å². The number of hydrogen-bond acceptors (Lipinski definition) is 3. The molecule has 2 bridgehead atoms. The first-order valence-corrected chi connectivity index (χ1v) is 7.95. The van der Waals surface area contributed by atoms with Gasteiger partial charge in [0.2, 0.25) is 0 Å². The number of aromatic amines is 1.